The molecule has 0 spiro atoms. The largest absolute Gasteiger partial charge is 0.480 e. The second-order valence-corrected chi connectivity index (χ2v) is 9.15. The number of fused-ring (bicyclic) bond motifs is 1. The van der Waals surface area contributed by atoms with Gasteiger partial charge in [-0.1, -0.05) is 41.4 Å². The Morgan fingerprint density at radius 2 is 1.93 bits per heavy atom. The van der Waals surface area contributed by atoms with Crippen LogP contribution in [0.15, 0.2) is 29.9 Å². The van der Waals surface area contributed by atoms with Crippen LogP contribution in [0.1, 0.15) is 56.5 Å². The third-order valence-corrected chi connectivity index (χ3v) is 5.77. The Morgan fingerprint density at radius 1 is 1.21 bits per heavy atom. The molecule has 0 saturated heterocycles. The fraction of sp³-hybridized carbons (Fsp3) is 0.455. The van der Waals surface area contributed by atoms with E-state index >= 15 is 0 Å². The van der Waals surface area contributed by atoms with Gasteiger partial charge in [0.05, 0.1) is 10.4 Å². The molecule has 1 atom stereocenters. The molecule has 0 fully saturated rings. The van der Waals surface area contributed by atoms with Crippen molar-refractivity contribution in [2.75, 3.05) is 6.61 Å². The number of esters is 1. The maximum absolute atomic E-state index is 13.2. The summed E-state index contributed by atoms with van der Waals surface area (Å²) in [6.45, 7) is 6.99. The van der Waals surface area contributed by atoms with Crippen LogP contribution in [0.25, 0.3) is 0 Å². The first-order chi connectivity index (χ1) is 13.0. The Hall–Kier alpha value is -1.78. The van der Waals surface area contributed by atoms with Crippen LogP contribution in [0.2, 0.25) is 10.0 Å². The fourth-order valence-electron chi connectivity index (χ4n) is 3.64. The molecule has 0 amide bonds. The van der Waals surface area contributed by atoms with E-state index < -0.39 is 17.0 Å². The van der Waals surface area contributed by atoms with Crippen LogP contribution in [0, 0.1) is 5.41 Å². The van der Waals surface area contributed by atoms with Crippen molar-refractivity contribution in [2.45, 2.75) is 52.6 Å². The Morgan fingerprint density at radius 3 is 2.54 bits per heavy atom. The van der Waals surface area contributed by atoms with E-state index in [1.165, 1.54) is 0 Å². The van der Waals surface area contributed by atoms with Gasteiger partial charge in [-0.25, -0.2) is 4.79 Å². The molecule has 28 heavy (non-hydrogen) atoms. The molecule has 0 N–H and O–H groups in total. The molecule has 3 rings (SSSR count). The Bertz CT molecular complexity index is 893. The van der Waals surface area contributed by atoms with Crippen LogP contribution < -0.4 is 4.74 Å². The highest BCUT2D eigenvalue weighted by Gasteiger charge is 2.45. The van der Waals surface area contributed by atoms with Gasteiger partial charge in [-0.15, -0.1) is 0 Å². The minimum atomic E-state index is -0.671. The van der Waals surface area contributed by atoms with Crippen molar-refractivity contribution in [1.82, 2.24) is 0 Å². The molecule has 6 heteroatoms. The summed E-state index contributed by atoms with van der Waals surface area (Å²) in [5, 5.41) is 0.308. The first-order valence-corrected chi connectivity index (χ1v) is 10.1. The van der Waals surface area contributed by atoms with Gasteiger partial charge in [0.1, 0.15) is 16.4 Å². The molecule has 1 aromatic rings. The quantitative estimate of drug-likeness (QED) is 0.580. The van der Waals surface area contributed by atoms with Crippen molar-refractivity contribution in [1.29, 1.82) is 0 Å². The van der Waals surface area contributed by atoms with E-state index in [4.69, 9.17) is 32.7 Å². The average molecular weight is 423 g/mol. The van der Waals surface area contributed by atoms with Gasteiger partial charge >= 0.3 is 5.97 Å². The van der Waals surface area contributed by atoms with Crippen LogP contribution in [0.4, 0.5) is 0 Å². The second-order valence-electron chi connectivity index (χ2n) is 8.39. The number of rotatable bonds is 4. The van der Waals surface area contributed by atoms with Gasteiger partial charge in [0.2, 0.25) is 0 Å². The molecule has 150 valence electrons. The van der Waals surface area contributed by atoms with Gasteiger partial charge in [-0.3, -0.25) is 4.79 Å². The van der Waals surface area contributed by atoms with Crippen molar-refractivity contribution >= 4 is 35.0 Å². The minimum absolute atomic E-state index is 0.0362. The summed E-state index contributed by atoms with van der Waals surface area (Å²) in [6.07, 6.45) is 8.62. The van der Waals surface area contributed by atoms with E-state index in [-0.39, 0.29) is 28.2 Å². The monoisotopic (exact) mass is 422 g/mol. The molecule has 0 bridgehead atoms. The molecular weight excluding hydrogens is 399 g/mol. The number of hydrogen-bond donors (Lipinski definition) is 0. The summed E-state index contributed by atoms with van der Waals surface area (Å²) < 4.78 is 10.8. The smallest absolute Gasteiger partial charge is 0.344 e. The zero-order valence-electron chi connectivity index (χ0n) is 16.5. The van der Waals surface area contributed by atoms with Gasteiger partial charge < -0.3 is 9.47 Å². The number of hydrogen-bond acceptors (Lipinski definition) is 4. The van der Waals surface area contributed by atoms with Gasteiger partial charge in [0, 0.05) is 5.56 Å². The lowest BCUT2D eigenvalue weighted by molar-refractivity contribution is -0.157. The van der Waals surface area contributed by atoms with Crippen LogP contribution >= 0.6 is 23.2 Å². The van der Waals surface area contributed by atoms with Crippen LogP contribution in [-0.4, -0.2) is 24.0 Å². The zero-order chi connectivity index (χ0) is 20.7. The molecule has 0 radical (unpaired) electrons. The van der Waals surface area contributed by atoms with E-state index in [2.05, 4.69) is 12.2 Å². The summed E-state index contributed by atoms with van der Waals surface area (Å²) in [4.78, 5) is 25.1. The molecule has 4 nitrogen and oxygen atoms in total. The van der Waals surface area contributed by atoms with E-state index in [1.807, 2.05) is 13.0 Å². The van der Waals surface area contributed by atoms with Crippen LogP contribution in [0.5, 0.6) is 5.75 Å². The molecule has 2 aliphatic rings. The number of carbonyl (C=O) groups is 2. The number of benzene rings is 1. The maximum Gasteiger partial charge on any atom is 0.344 e. The average Bonchev–Trinajstić information content (AvgIpc) is 2.88. The lowest BCUT2D eigenvalue weighted by atomic mass is 9.76. The molecule has 0 aliphatic heterocycles. The summed E-state index contributed by atoms with van der Waals surface area (Å²) in [5.74, 6) is -0.258. The standard InChI is InChI=1S/C22H24Cl2O4/c1-21(2,3)28-16(25)12-27-15-10-13-11-22(4,14-8-6-5-7-9-14)20(26)17(13)19(24)18(15)23/h6,8-10H,5,7,11-12H2,1-4H3. The highest BCUT2D eigenvalue weighted by Crippen LogP contribution is 2.49. The zero-order valence-corrected chi connectivity index (χ0v) is 18.0. The first-order valence-electron chi connectivity index (χ1n) is 9.30. The van der Waals surface area contributed by atoms with Crippen molar-refractivity contribution < 1.29 is 19.1 Å². The normalized spacial score (nSPS) is 21.4. The molecule has 1 unspecified atom stereocenters. The van der Waals surface area contributed by atoms with Crippen molar-refractivity contribution in [2.24, 2.45) is 5.41 Å². The fourth-order valence-corrected chi connectivity index (χ4v) is 4.15. The van der Waals surface area contributed by atoms with Gasteiger partial charge in [0.15, 0.2) is 12.4 Å². The summed E-state index contributed by atoms with van der Waals surface area (Å²) in [5.41, 5.74) is 0.952. The lowest BCUT2D eigenvalue weighted by Crippen LogP contribution is -2.27. The van der Waals surface area contributed by atoms with Gasteiger partial charge in [0.25, 0.3) is 0 Å². The highest BCUT2D eigenvalue weighted by atomic mass is 35.5. The van der Waals surface area contributed by atoms with Crippen molar-refractivity contribution in [3.63, 3.8) is 0 Å². The van der Waals surface area contributed by atoms with E-state index in [0.29, 0.717) is 12.0 Å². The third-order valence-electron chi connectivity index (χ3n) is 4.92. The summed E-state index contributed by atoms with van der Waals surface area (Å²) in [6, 6.07) is 1.71. The SMILES string of the molecule is CC(C)(C)OC(=O)COc1cc2c(c(Cl)c1Cl)C(=O)C(C)(C1=CCCC=C1)C2. The summed E-state index contributed by atoms with van der Waals surface area (Å²) in [7, 11) is 0. The minimum Gasteiger partial charge on any atom is -0.480 e. The molecule has 0 aromatic heterocycles. The topological polar surface area (TPSA) is 52.6 Å². The van der Waals surface area contributed by atoms with Crippen molar-refractivity contribution in [3.05, 3.63) is 51.0 Å². The molecule has 1 aromatic carbocycles. The summed E-state index contributed by atoms with van der Waals surface area (Å²) >= 11 is 12.8. The van der Waals surface area contributed by atoms with Crippen LogP contribution in [-0.2, 0) is 16.0 Å². The number of allylic oxidation sites excluding steroid dienone is 4. The Labute approximate surface area is 175 Å². The van der Waals surface area contributed by atoms with E-state index in [1.54, 1.807) is 26.8 Å². The predicted molar refractivity (Wildman–Crippen MR) is 110 cm³/mol. The van der Waals surface area contributed by atoms with E-state index in [0.717, 1.165) is 24.0 Å². The highest BCUT2D eigenvalue weighted by molar-refractivity contribution is 6.45. The maximum atomic E-state index is 13.2. The number of Topliss-reactive ketones (excluding diaryl/α,β-unsaturated/α-hetero) is 1. The third kappa shape index (κ3) is 3.99. The van der Waals surface area contributed by atoms with Gasteiger partial charge in [-0.2, -0.15) is 0 Å². The molecule has 0 heterocycles. The first kappa shape index (κ1) is 20.9. The number of carbonyl (C=O) groups excluding carboxylic acids is 2. The predicted octanol–water partition coefficient (Wildman–Crippen LogP) is 5.74. The number of ether oxygens (including phenoxy) is 2. The van der Waals surface area contributed by atoms with E-state index in [9.17, 15) is 9.59 Å². The molecule has 2 aliphatic carbocycles. The number of halogens is 2. The molecular formula is C22H24Cl2O4. The van der Waals surface area contributed by atoms with Crippen molar-refractivity contribution in [3.8, 4) is 5.75 Å². The number of ketones is 1. The lowest BCUT2D eigenvalue weighted by Gasteiger charge is -2.25. The Kier molecular flexibility index (Phi) is 5.66. The Balaban J connectivity index is 1.86. The van der Waals surface area contributed by atoms with Crippen LogP contribution in [0.3, 0.4) is 0 Å². The molecule has 0 saturated carbocycles. The van der Waals surface area contributed by atoms with Gasteiger partial charge in [-0.05, 0) is 64.2 Å². The second kappa shape index (κ2) is 7.57.